The van der Waals surface area contributed by atoms with Crippen LogP contribution in [0.15, 0.2) is 41.1 Å². The van der Waals surface area contributed by atoms with Crippen molar-refractivity contribution in [3.05, 3.63) is 57.8 Å². The summed E-state index contributed by atoms with van der Waals surface area (Å²) in [4.78, 5) is 22.9. The zero-order chi connectivity index (χ0) is 14.5. The van der Waals surface area contributed by atoms with Gasteiger partial charge in [0, 0.05) is 6.54 Å². The number of benzene rings is 1. The molecule has 1 amide bonds. The van der Waals surface area contributed by atoms with E-state index in [1.165, 1.54) is 6.07 Å². The molecule has 0 saturated heterocycles. The Bertz CT molecular complexity index is 607. The van der Waals surface area contributed by atoms with Crippen LogP contribution in [0.1, 0.15) is 34.3 Å². The molecule has 0 fully saturated rings. The third-order valence-corrected chi connectivity index (χ3v) is 3.78. The van der Waals surface area contributed by atoms with Gasteiger partial charge in [0.25, 0.3) is 0 Å². The molecule has 2 N–H and O–H groups in total. The van der Waals surface area contributed by atoms with E-state index in [1.807, 2.05) is 23.8 Å². The molecule has 0 bridgehead atoms. The standard InChI is InChI=1S/C15H15NO3S/c1-10(13-5-6-20-9-13)14(17)16-8-11-3-2-4-12(7-11)15(18)19/h2-7,9-10H,8H2,1H3,(H,16,17)(H,18,19)/t10-/m1/s1. The van der Waals surface area contributed by atoms with Gasteiger partial charge in [0.05, 0.1) is 11.5 Å². The first-order valence-electron chi connectivity index (χ1n) is 6.20. The number of nitrogens with one attached hydrogen (secondary N) is 1. The highest BCUT2D eigenvalue weighted by Crippen LogP contribution is 2.18. The van der Waals surface area contributed by atoms with Crippen LogP contribution in [-0.4, -0.2) is 17.0 Å². The SMILES string of the molecule is C[C@@H](C(=O)NCc1cccc(C(=O)O)c1)c1ccsc1. The Morgan fingerprint density at radius 2 is 2.15 bits per heavy atom. The summed E-state index contributed by atoms with van der Waals surface area (Å²) in [6, 6.07) is 8.49. The van der Waals surface area contributed by atoms with Crippen molar-refractivity contribution in [3.63, 3.8) is 0 Å². The van der Waals surface area contributed by atoms with Gasteiger partial charge >= 0.3 is 5.97 Å². The molecule has 1 heterocycles. The van der Waals surface area contributed by atoms with Gasteiger partial charge in [0.2, 0.25) is 5.91 Å². The van der Waals surface area contributed by atoms with Crippen molar-refractivity contribution in [2.45, 2.75) is 19.4 Å². The fourth-order valence-corrected chi connectivity index (χ4v) is 2.58. The molecule has 4 nitrogen and oxygen atoms in total. The fourth-order valence-electron chi connectivity index (χ4n) is 1.83. The highest BCUT2D eigenvalue weighted by atomic mass is 32.1. The molecule has 5 heteroatoms. The van der Waals surface area contributed by atoms with Crippen LogP contribution < -0.4 is 5.32 Å². The van der Waals surface area contributed by atoms with E-state index in [0.717, 1.165) is 11.1 Å². The van der Waals surface area contributed by atoms with Crippen LogP contribution in [0.2, 0.25) is 0 Å². The summed E-state index contributed by atoms with van der Waals surface area (Å²) in [5.41, 5.74) is 1.99. The van der Waals surface area contributed by atoms with Crippen LogP contribution in [0.25, 0.3) is 0 Å². The first-order chi connectivity index (χ1) is 9.58. The second kappa shape index (κ2) is 6.34. The van der Waals surface area contributed by atoms with Crippen LogP contribution in [-0.2, 0) is 11.3 Å². The van der Waals surface area contributed by atoms with Crippen LogP contribution in [0.5, 0.6) is 0 Å². The van der Waals surface area contributed by atoms with Gasteiger partial charge in [-0.15, -0.1) is 0 Å². The summed E-state index contributed by atoms with van der Waals surface area (Å²) in [5, 5.41) is 15.6. The average Bonchev–Trinajstić information content (AvgIpc) is 2.98. The molecule has 2 aromatic rings. The minimum atomic E-state index is -0.968. The maximum atomic E-state index is 12.0. The number of carbonyl (C=O) groups excluding carboxylic acids is 1. The van der Waals surface area contributed by atoms with Crippen LogP contribution in [0.4, 0.5) is 0 Å². The normalized spacial score (nSPS) is 11.8. The summed E-state index contributed by atoms with van der Waals surface area (Å²) in [6.45, 7) is 2.18. The van der Waals surface area contributed by atoms with Crippen molar-refractivity contribution >= 4 is 23.2 Å². The van der Waals surface area contributed by atoms with E-state index in [9.17, 15) is 9.59 Å². The molecule has 20 heavy (non-hydrogen) atoms. The minimum Gasteiger partial charge on any atom is -0.478 e. The first-order valence-corrected chi connectivity index (χ1v) is 7.14. The molecule has 0 saturated carbocycles. The van der Waals surface area contributed by atoms with Gasteiger partial charge in [-0.25, -0.2) is 4.79 Å². The van der Waals surface area contributed by atoms with E-state index < -0.39 is 5.97 Å². The lowest BCUT2D eigenvalue weighted by atomic mass is 10.0. The van der Waals surface area contributed by atoms with Gasteiger partial charge in [-0.3, -0.25) is 4.79 Å². The van der Waals surface area contributed by atoms with E-state index in [-0.39, 0.29) is 17.4 Å². The molecular weight excluding hydrogens is 274 g/mol. The topological polar surface area (TPSA) is 66.4 Å². The molecular formula is C15H15NO3S. The Morgan fingerprint density at radius 3 is 2.80 bits per heavy atom. The Balaban J connectivity index is 1.96. The molecule has 0 radical (unpaired) electrons. The maximum Gasteiger partial charge on any atom is 0.335 e. The molecule has 0 spiro atoms. The average molecular weight is 289 g/mol. The Labute approximate surface area is 121 Å². The number of hydrogen-bond donors (Lipinski definition) is 2. The lowest BCUT2D eigenvalue weighted by molar-refractivity contribution is -0.122. The number of amides is 1. The molecule has 1 atom stereocenters. The Hall–Kier alpha value is -2.14. The summed E-state index contributed by atoms with van der Waals surface area (Å²) in [7, 11) is 0. The number of carboxylic acid groups (broad SMARTS) is 1. The third-order valence-electron chi connectivity index (χ3n) is 3.08. The Morgan fingerprint density at radius 1 is 1.35 bits per heavy atom. The monoisotopic (exact) mass is 289 g/mol. The quantitative estimate of drug-likeness (QED) is 0.889. The molecule has 1 aromatic carbocycles. The van der Waals surface area contributed by atoms with Crippen molar-refractivity contribution in [2.24, 2.45) is 0 Å². The lowest BCUT2D eigenvalue weighted by Crippen LogP contribution is -2.27. The number of thiophene rings is 1. The zero-order valence-electron chi connectivity index (χ0n) is 11.0. The predicted octanol–water partition coefficient (Wildman–Crippen LogP) is 2.87. The van der Waals surface area contributed by atoms with Gasteiger partial charge in [0.15, 0.2) is 0 Å². The second-order valence-corrected chi connectivity index (χ2v) is 5.28. The van der Waals surface area contributed by atoms with Crippen molar-refractivity contribution in [1.82, 2.24) is 5.32 Å². The highest BCUT2D eigenvalue weighted by Gasteiger charge is 2.15. The number of carbonyl (C=O) groups is 2. The molecule has 1 aromatic heterocycles. The second-order valence-electron chi connectivity index (χ2n) is 4.50. The van der Waals surface area contributed by atoms with E-state index in [0.29, 0.717) is 6.54 Å². The fraction of sp³-hybridized carbons (Fsp3) is 0.200. The molecule has 0 aliphatic heterocycles. The number of hydrogen-bond acceptors (Lipinski definition) is 3. The van der Waals surface area contributed by atoms with Crippen LogP contribution in [0, 0.1) is 0 Å². The third kappa shape index (κ3) is 3.45. The van der Waals surface area contributed by atoms with Crippen molar-refractivity contribution in [2.75, 3.05) is 0 Å². The highest BCUT2D eigenvalue weighted by molar-refractivity contribution is 7.08. The number of carboxylic acids is 1. The smallest absolute Gasteiger partial charge is 0.335 e. The molecule has 104 valence electrons. The molecule has 2 rings (SSSR count). The van der Waals surface area contributed by atoms with Crippen LogP contribution >= 0.6 is 11.3 Å². The summed E-state index contributed by atoms with van der Waals surface area (Å²) < 4.78 is 0. The van der Waals surface area contributed by atoms with E-state index in [4.69, 9.17) is 5.11 Å². The predicted molar refractivity (Wildman–Crippen MR) is 78.0 cm³/mol. The van der Waals surface area contributed by atoms with Crippen molar-refractivity contribution in [1.29, 1.82) is 0 Å². The van der Waals surface area contributed by atoms with Crippen molar-refractivity contribution in [3.8, 4) is 0 Å². The molecule has 0 unspecified atom stereocenters. The van der Waals surface area contributed by atoms with Gasteiger partial charge in [-0.05, 0) is 47.0 Å². The van der Waals surface area contributed by atoms with E-state index in [1.54, 1.807) is 29.5 Å². The molecule has 0 aliphatic carbocycles. The number of rotatable bonds is 5. The van der Waals surface area contributed by atoms with Crippen LogP contribution in [0.3, 0.4) is 0 Å². The van der Waals surface area contributed by atoms with E-state index in [2.05, 4.69) is 5.32 Å². The van der Waals surface area contributed by atoms with Gasteiger partial charge in [-0.1, -0.05) is 12.1 Å². The number of aromatic carboxylic acids is 1. The van der Waals surface area contributed by atoms with Gasteiger partial charge in [-0.2, -0.15) is 11.3 Å². The maximum absolute atomic E-state index is 12.0. The Kier molecular flexibility index (Phi) is 4.53. The van der Waals surface area contributed by atoms with Crippen molar-refractivity contribution < 1.29 is 14.7 Å². The summed E-state index contributed by atoms with van der Waals surface area (Å²) in [5.74, 6) is -1.24. The molecule has 0 aliphatic rings. The van der Waals surface area contributed by atoms with Gasteiger partial charge < -0.3 is 10.4 Å². The largest absolute Gasteiger partial charge is 0.478 e. The minimum absolute atomic E-state index is 0.0656. The van der Waals surface area contributed by atoms with Gasteiger partial charge in [0.1, 0.15) is 0 Å². The lowest BCUT2D eigenvalue weighted by Gasteiger charge is -2.11. The summed E-state index contributed by atoms with van der Waals surface area (Å²) >= 11 is 1.56. The summed E-state index contributed by atoms with van der Waals surface area (Å²) in [6.07, 6.45) is 0. The first kappa shape index (κ1) is 14.3. The zero-order valence-corrected chi connectivity index (χ0v) is 11.8. The van der Waals surface area contributed by atoms with E-state index >= 15 is 0 Å².